The second kappa shape index (κ2) is 8.72. The van der Waals surface area contributed by atoms with Gasteiger partial charge in [-0.3, -0.25) is 0 Å². The summed E-state index contributed by atoms with van der Waals surface area (Å²) >= 11 is 0. The fourth-order valence-electron chi connectivity index (χ4n) is 3.73. The maximum Gasteiger partial charge on any atom is 0.410 e. The molecule has 1 unspecified atom stereocenters. The molecule has 29 heavy (non-hydrogen) atoms. The first-order chi connectivity index (χ1) is 13.7. The number of piperidine rings is 1. The van der Waals surface area contributed by atoms with E-state index in [9.17, 15) is 9.59 Å². The molecule has 3 rings (SSSR count). The third-order valence-corrected chi connectivity index (χ3v) is 5.07. The first-order valence-electron chi connectivity index (χ1n) is 10.2. The van der Waals surface area contributed by atoms with Gasteiger partial charge in [0.25, 0.3) is 0 Å². The number of hydrogen-bond donors (Lipinski definition) is 1. The fraction of sp³-hybridized carbons (Fsp3) is 0.478. The Bertz CT molecular complexity index is 870. The van der Waals surface area contributed by atoms with Gasteiger partial charge in [0.05, 0.1) is 5.69 Å². The number of likely N-dealkylation sites (tertiary alicyclic amines) is 1. The van der Waals surface area contributed by atoms with Crippen LogP contribution in [0.4, 0.5) is 15.3 Å². The monoisotopic (exact) mass is 397 g/mol. The number of carbonyl (C=O) groups is 2. The Morgan fingerprint density at radius 2 is 1.90 bits per heavy atom. The predicted molar refractivity (Wildman–Crippen MR) is 116 cm³/mol. The van der Waals surface area contributed by atoms with E-state index in [1.54, 1.807) is 11.9 Å². The maximum absolute atomic E-state index is 12.9. The zero-order valence-corrected chi connectivity index (χ0v) is 17.8. The topological polar surface area (TPSA) is 61.9 Å². The van der Waals surface area contributed by atoms with Crippen LogP contribution in [0.5, 0.6) is 0 Å². The van der Waals surface area contributed by atoms with Crippen molar-refractivity contribution in [3.05, 3.63) is 42.5 Å². The number of amides is 3. The average molecular weight is 398 g/mol. The maximum atomic E-state index is 12.9. The second-order valence-electron chi connectivity index (χ2n) is 8.77. The van der Waals surface area contributed by atoms with Crippen molar-refractivity contribution in [2.75, 3.05) is 32.0 Å². The van der Waals surface area contributed by atoms with E-state index in [4.69, 9.17) is 4.74 Å². The molecule has 1 aliphatic heterocycles. The summed E-state index contributed by atoms with van der Waals surface area (Å²) in [7, 11) is 1.75. The summed E-state index contributed by atoms with van der Waals surface area (Å²) in [6, 6.07) is 13.8. The van der Waals surface area contributed by atoms with Gasteiger partial charge in [0, 0.05) is 32.1 Å². The number of nitrogens with zero attached hydrogens (tertiary/aromatic N) is 2. The van der Waals surface area contributed by atoms with E-state index in [1.165, 1.54) is 0 Å². The predicted octanol–water partition coefficient (Wildman–Crippen LogP) is 4.95. The van der Waals surface area contributed by atoms with E-state index >= 15 is 0 Å². The Morgan fingerprint density at radius 1 is 1.17 bits per heavy atom. The van der Waals surface area contributed by atoms with Crippen LogP contribution in [0.2, 0.25) is 0 Å². The molecule has 0 aromatic heterocycles. The molecular weight excluding hydrogens is 366 g/mol. The first kappa shape index (κ1) is 21.0. The molecule has 156 valence electrons. The molecule has 1 N–H and O–H groups in total. The Kier molecular flexibility index (Phi) is 6.30. The molecule has 1 aliphatic rings. The highest BCUT2D eigenvalue weighted by Gasteiger charge is 2.27. The van der Waals surface area contributed by atoms with Crippen molar-refractivity contribution in [2.24, 2.45) is 5.92 Å². The summed E-state index contributed by atoms with van der Waals surface area (Å²) in [6.45, 7) is 7.51. The number of fused-ring (bicyclic) bond motifs is 1. The Morgan fingerprint density at radius 3 is 2.66 bits per heavy atom. The van der Waals surface area contributed by atoms with Crippen molar-refractivity contribution in [3.63, 3.8) is 0 Å². The van der Waals surface area contributed by atoms with Crippen molar-refractivity contribution in [2.45, 2.75) is 39.2 Å². The van der Waals surface area contributed by atoms with Gasteiger partial charge in [-0.25, -0.2) is 9.59 Å². The third kappa shape index (κ3) is 5.62. The number of rotatable bonds is 3. The van der Waals surface area contributed by atoms with E-state index in [1.807, 2.05) is 68.1 Å². The van der Waals surface area contributed by atoms with Crippen molar-refractivity contribution in [1.82, 2.24) is 9.80 Å². The van der Waals surface area contributed by atoms with Crippen LogP contribution in [-0.4, -0.2) is 54.2 Å². The molecule has 6 nitrogen and oxygen atoms in total. The largest absolute Gasteiger partial charge is 0.444 e. The molecule has 1 fully saturated rings. The number of ether oxygens (including phenoxy) is 1. The van der Waals surface area contributed by atoms with Crippen molar-refractivity contribution in [1.29, 1.82) is 0 Å². The number of anilines is 1. The van der Waals surface area contributed by atoms with Crippen molar-refractivity contribution >= 4 is 28.6 Å². The van der Waals surface area contributed by atoms with Gasteiger partial charge in [0.1, 0.15) is 5.60 Å². The smallest absolute Gasteiger partial charge is 0.410 e. The van der Waals surface area contributed by atoms with Crippen LogP contribution in [0, 0.1) is 5.92 Å². The molecule has 1 atom stereocenters. The molecule has 0 aliphatic carbocycles. The summed E-state index contributed by atoms with van der Waals surface area (Å²) in [6.07, 6.45) is 1.59. The highest BCUT2D eigenvalue weighted by atomic mass is 16.6. The van der Waals surface area contributed by atoms with Crippen molar-refractivity contribution in [3.8, 4) is 0 Å². The zero-order valence-electron chi connectivity index (χ0n) is 17.8. The summed E-state index contributed by atoms with van der Waals surface area (Å²) in [5.41, 5.74) is 0.309. The number of urea groups is 1. The molecule has 2 aromatic rings. The van der Waals surface area contributed by atoms with Crippen LogP contribution >= 0.6 is 0 Å². The minimum absolute atomic E-state index is 0.0917. The highest BCUT2D eigenvalue weighted by molar-refractivity contribution is 6.01. The summed E-state index contributed by atoms with van der Waals surface area (Å²) < 4.78 is 5.43. The van der Waals surface area contributed by atoms with Gasteiger partial charge in [-0.2, -0.15) is 0 Å². The van der Waals surface area contributed by atoms with Crippen LogP contribution in [0.3, 0.4) is 0 Å². The lowest BCUT2D eigenvalue weighted by Crippen LogP contribution is -2.46. The van der Waals surface area contributed by atoms with Crippen LogP contribution in [0.25, 0.3) is 10.8 Å². The van der Waals surface area contributed by atoms with E-state index in [0.717, 1.165) is 35.8 Å². The molecule has 1 heterocycles. The lowest BCUT2D eigenvalue weighted by Gasteiger charge is -2.35. The van der Waals surface area contributed by atoms with Gasteiger partial charge in [-0.05, 0) is 51.0 Å². The van der Waals surface area contributed by atoms with E-state index in [0.29, 0.717) is 13.1 Å². The Hall–Kier alpha value is -2.76. The number of hydrogen-bond acceptors (Lipinski definition) is 3. The van der Waals surface area contributed by atoms with Gasteiger partial charge in [-0.1, -0.05) is 36.4 Å². The molecule has 0 saturated carbocycles. The minimum Gasteiger partial charge on any atom is -0.444 e. The highest BCUT2D eigenvalue weighted by Crippen LogP contribution is 2.24. The SMILES string of the molecule is CN(CC1CCCN(C(=O)Nc2cccc3ccccc23)C1)C(=O)OC(C)(C)C. The van der Waals surface area contributed by atoms with Gasteiger partial charge in [0.15, 0.2) is 0 Å². The minimum atomic E-state index is -0.512. The molecule has 0 radical (unpaired) electrons. The van der Waals surface area contributed by atoms with Crippen LogP contribution in [0.1, 0.15) is 33.6 Å². The molecule has 3 amide bonds. The average Bonchev–Trinajstić information content (AvgIpc) is 2.67. The lowest BCUT2D eigenvalue weighted by molar-refractivity contribution is 0.0253. The lowest BCUT2D eigenvalue weighted by atomic mass is 9.98. The van der Waals surface area contributed by atoms with Crippen molar-refractivity contribution < 1.29 is 14.3 Å². The molecule has 1 saturated heterocycles. The first-order valence-corrected chi connectivity index (χ1v) is 10.2. The molecule has 6 heteroatoms. The third-order valence-electron chi connectivity index (χ3n) is 5.07. The summed E-state index contributed by atoms with van der Waals surface area (Å²) in [5, 5.41) is 5.19. The molecule has 0 spiro atoms. The van der Waals surface area contributed by atoms with E-state index in [-0.39, 0.29) is 18.0 Å². The quantitative estimate of drug-likeness (QED) is 0.797. The second-order valence-corrected chi connectivity index (χ2v) is 8.77. The van der Waals surface area contributed by atoms with Gasteiger partial charge in [0.2, 0.25) is 0 Å². The van der Waals surface area contributed by atoms with Gasteiger partial charge >= 0.3 is 12.1 Å². The molecule has 0 bridgehead atoms. The Labute approximate surface area is 172 Å². The van der Waals surface area contributed by atoms with Crippen LogP contribution in [0.15, 0.2) is 42.5 Å². The van der Waals surface area contributed by atoms with Crippen LogP contribution < -0.4 is 5.32 Å². The van der Waals surface area contributed by atoms with Crippen LogP contribution in [-0.2, 0) is 4.74 Å². The molecular formula is C23H31N3O3. The van der Waals surface area contributed by atoms with Gasteiger partial charge in [-0.15, -0.1) is 0 Å². The normalized spacial score (nSPS) is 17.1. The van der Waals surface area contributed by atoms with Gasteiger partial charge < -0.3 is 19.9 Å². The fourth-order valence-corrected chi connectivity index (χ4v) is 3.73. The Balaban J connectivity index is 1.60. The molecule has 2 aromatic carbocycles. The number of nitrogens with one attached hydrogen (secondary N) is 1. The van der Waals surface area contributed by atoms with E-state index < -0.39 is 5.60 Å². The zero-order chi connectivity index (χ0) is 21.0. The standard InChI is InChI=1S/C23H31N3O3/c1-23(2,3)29-22(28)25(4)15-17-9-8-14-26(16-17)21(27)24-20-13-7-11-18-10-5-6-12-19(18)20/h5-7,10-13,17H,8-9,14-16H2,1-4H3,(H,24,27). The number of carbonyl (C=O) groups excluding carboxylic acids is 2. The summed E-state index contributed by atoms with van der Waals surface area (Å²) in [4.78, 5) is 28.6. The summed E-state index contributed by atoms with van der Waals surface area (Å²) in [5.74, 6) is 0.236. The van der Waals surface area contributed by atoms with E-state index in [2.05, 4.69) is 5.32 Å². The number of benzene rings is 2.